The molecule has 1 saturated carbocycles. The summed E-state index contributed by atoms with van der Waals surface area (Å²) >= 11 is 0. The average molecular weight is 289 g/mol. The minimum absolute atomic E-state index is 0.0224. The number of rotatable bonds is 6. The zero-order chi connectivity index (χ0) is 14.8. The first kappa shape index (κ1) is 13.8. The highest BCUT2D eigenvalue weighted by Crippen LogP contribution is 2.37. The molecule has 0 saturated heterocycles. The highest BCUT2D eigenvalue weighted by atomic mass is 16.3. The zero-order valence-corrected chi connectivity index (χ0v) is 12.2. The molecule has 1 aliphatic rings. The lowest BCUT2D eigenvalue weighted by atomic mass is 10.2. The number of nitrogens with one attached hydrogen (secondary N) is 2. The Hall–Kier alpha value is -2.15. The molecule has 112 valence electrons. The van der Waals surface area contributed by atoms with Crippen molar-refractivity contribution < 1.29 is 9.21 Å². The van der Waals surface area contributed by atoms with Crippen molar-refractivity contribution in [1.29, 1.82) is 0 Å². The summed E-state index contributed by atoms with van der Waals surface area (Å²) in [6.07, 6.45) is 3.87. The van der Waals surface area contributed by atoms with E-state index in [0.29, 0.717) is 12.5 Å². The molecule has 1 fully saturated rings. The van der Waals surface area contributed by atoms with Gasteiger partial charge in [-0.05, 0) is 39.1 Å². The van der Waals surface area contributed by atoms with Crippen LogP contribution in [-0.4, -0.2) is 46.6 Å². The highest BCUT2D eigenvalue weighted by molar-refractivity contribution is 5.90. The molecule has 1 atom stereocenters. The van der Waals surface area contributed by atoms with Crippen LogP contribution in [0, 0.1) is 0 Å². The number of H-pyrrole nitrogens is 1. The van der Waals surface area contributed by atoms with Crippen LogP contribution in [0.5, 0.6) is 0 Å². The Morgan fingerprint density at radius 3 is 3.00 bits per heavy atom. The van der Waals surface area contributed by atoms with E-state index in [4.69, 9.17) is 4.42 Å². The van der Waals surface area contributed by atoms with E-state index in [0.717, 1.165) is 24.4 Å². The van der Waals surface area contributed by atoms with Gasteiger partial charge in [0, 0.05) is 12.5 Å². The van der Waals surface area contributed by atoms with E-state index in [1.165, 1.54) is 0 Å². The Kier molecular flexibility index (Phi) is 3.74. The quantitative estimate of drug-likeness (QED) is 0.837. The van der Waals surface area contributed by atoms with Crippen molar-refractivity contribution in [2.45, 2.75) is 24.8 Å². The Balaban J connectivity index is 1.60. The predicted octanol–water partition coefficient (Wildman–Crippen LogP) is 1.31. The van der Waals surface area contributed by atoms with Crippen LogP contribution < -0.4 is 5.32 Å². The molecule has 2 N–H and O–H groups in total. The first-order chi connectivity index (χ1) is 10.1. The molecule has 2 heterocycles. The van der Waals surface area contributed by atoms with E-state index in [-0.39, 0.29) is 17.8 Å². The SMILES string of the molecule is CN(C)C(CNC(=O)c1n[nH]c(C2CC2)n1)c1ccco1. The Labute approximate surface area is 122 Å². The maximum absolute atomic E-state index is 12.1. The second-order valence-electron chi connectivity index (χ2n) is 5.52. The third-order valence-electron chi connectivity index (χ3n) is 3.62. The van der Waals surface area contributed by atoms with Gasteiger partial charge in [0.15, 0.2) is 0 Å². The van der Waals surface area contributed by atoms with Gasteiger partial charge in [0.1, 0.15) is 11.6 Å². The first-order valence-corrected chi connectivity index (χ1v) is 7.05. The lowest BCUT2D eigenvalue weighted by Crippen LogP contribution is -2.34. The lowest BCUT2D eigenvalue weighted by molar-refractivity contribution is 0.0929. The normalized spacial score (nSPS) is 16.1. The zero-order valence-electron chi connectivity index (χ0n) is 12.2. The molecule has 7 heteroatoms. The second-order valence-corrected chi connectivity index (χ2v) is 5.52. The topological polar surface area (TPSA) is 87.0 Å². The number of likely N-dealkylation sites (N-methyl/N-ethyl adjacent to an activating group) is 1. The number of amides is 1. The van der Waals surface area contributed by atoms with Gasteiger partial charge in [-0.1, -0.05) is 0 Å². The molecule has 1 unspecified atom stereocenters. The molecule has 2 aromatic heterocycles. The fourth-order valence-corrected chi connectivity index (χ4v) is 2.20. The van der Waals surface area contributed by atoms with E-state index in [2.05, 4.69) is 20.5 Å². The van der Waals surface area contributed by atoms with Crippen LogP contribution in [-0.2, 0) is 0 Å². The van der Waals surface area contributed by atoms with Crippen LogP contribution in [0.4, 0.5) is 0 Å². The molecule has 0 radical (unpaired) electrons. The van der Waals surface area contributed by atoms with Crippen molar-refractivity contribution in [2.75, 3.05) is 20.6 Å². The van der Waals surface area contributed by atoms with Gasteiger partial charge < -0.3 is 9.73 Å². The minimum atomic E-state index is -0.267. The largest absolute Gasteiger partial charge is 0.468 e. The number of hydrogen-bond donors (Lipinski definition) is 2. The number of carbonyl (C=O) groups is 1. The summed E-state index contributed by atoms with van der Waals surface area (Å²) in [5.41, 5.74) is 0. The van der Waals surface area contributed by atoms with Crippen LogP contribution in [0.3, 0.4) is 0 Å². The van der Waals surface area contributed by atoms with Crippen LogP contribution >= 0.6 is 0 Å². The molecule has 0 aliphatic heterocycles. The molecule has 0 bridgehead atoms. The van der Waals surface area contributed by atoms with Crippen molar-refractivity contribution in [3.8, 4) is 0 Å². The summed E-state index contributed by atoms with van der Waals surface area (Å²) in [6, 6.07) is 3.71. The summed E-state index contributed by atoms with van der Waals surface area (Å²) in [7, 11) is 3.88. The number of aromatic amines is 1. The average Bonchev–Trinajstić information content (AvgIpc) is 2.98. The third kappa shape index (κ3) is 3.13. The number of furan rings is 1. The fourth-order valence-electron chi connectivity index (χ4n) is 2.20. The fraction of sp³-hybridized carbons (Fsp3) is 0.500. The van der Waals surface area contributed by atoms with Gasteiger partial charge in [0.25, 0.3) is 5.91 Å². The smallest absolute Gasteiger partial charge is 0.291 e. The summed E-state index contributed by atoms with van der Waals surface area (Å²) in [6.45, 7) is 0.437. The number of aromatic nitrogens is 3. The minimum Gasteiger partial charge on any atom is -0.468 e. The van der Waals surface area contributed by atoms with Gasteiger partial charge >= 0.3 is 0 Å². The highest BCUT2D eigenvalue weighted by Gasteiger charge is 2.28. The summed E-state index contributed by atoms with van der Waals surface area (Å²) in [5.74, 6) is 2.02. The summed E-state index contributed by atoms with van der Waals surface area (Å²) in [5, 5.41) is 9.67. The van der Waals surface area contributed by atoms with E-state index in [1.54, 1.807) is 6.26 Å². The molecule has 7 nitrogen and oxygen atoms in total. The Morgan fingerprint density at radius 2 is 2.38 bits per heavy atom. The number of nitrogens with zero attached hydrogens (tertiary/aromatic N) is 3. The Bertz CT molecular complexity index is 601. The Morgan fingerprint density at radius 1 is 1.57 bits per heavy atom. The molecule has 1 aliphatic carbocycles. The standard InChI is InChI=1S/C14H19N5O2/c1-19(2)10(11-4-3-7-21-11)8-15-14(20)13-16-12(17-18-13)9-5-6-9/h3-4,7,9-10H,5-6,8H2,1-2H3,(H,15,20)(H,16,17,18). The maximum atomic E-state index is 12.1. The maximum Gasteiger partial charge on any atom is 0.291 e. The molecular weight excluding hydrogens is 270 g/mol. The van der Waals surface area contributed by atoms with Crippen molar-refractivity contribution in [3.63, 3.8) is 0 Å². The van der Waals surface area contributed by atoms with Gasteiger partial charge in [0.2, 0.25) is 5.82 Å². The summed E-state index contributed by atoms with van der Waals surface area (Å²) in [4.78, 5) is 18.3. The first-order valence-electron chi connectivity index (χ1n) is 7.05. The van der Waals surface area contributed by atoms with Gasteiger partial charge in [-0.2, -0.15) is 0 Å². The lowest BCUT2D eigenvalue weighted by Gasteiger charge is -2.22. The van der Waals surface area contributed by atoms with Crippen molar-refractivity contribution in [3.05, 3.63) is 35.8 Å². The van der Waals surface area contributed by atoms with Gasteiger partial charge in [0.05, 0.1) is 12.3 Å². The number of carbonyl (C=O) groups excluding carboxylic acids is 1. The second kappa shape index (κ2) is 5.69. The third-order valence-corrected chi connectivity index (χ3v) is 3.62. The monoisotopic (exact) mass is 289 g/mol. The van der Waals surface area contributed by atoms with Gasteiger partial charge in [-0.15, -0.1) is 5.10 Å². The van der Waals surface area contributed by atoms with Gasteiger partial charge in [-0.3, -0.25) is 14.8 Å². The van der Waals surface area contributed by atoms with Gasteiger partial charge in [-0.25, -0.2) is 4.98 Å². The van der Waals surface area contributed by atoms with Crippen LogP contribution in [0.25, 0.3) is 0 Å². The molecule has 0 aromatic carbocycles. The summed E-state index contributed by atoms with van der Waals surface area (Å²) < 4.78 is 5.41. The number of hydrogen-bond acceptors (Lipinski definition) is 5. The van der Waals surface area contributed by atoms with E-state index >= 15 is 0 Å². The van der Waals surface area contributed by atoms with Crippen LogP contribution in [0.1, 0.15) is 47.0 Å². The van der Waals surface area contributed by atoms with Crippen molar-refractivity contribution in [1.82, 2.24) is 25.4 Å². The molecular formula is C14H19N5O2. The molecule has 1 amide bonds. The molecule has 21 heavy (non-hydrogen) atoms. The van der Waals surface area contributed by atoms with E-state index in [1.807, 2.05) is 31.1 Å². The van der Waals surface area contributed by atoms with E-state index < -0.39 is 0 Å². The molecule has 2 aromatic rings. The molecule has 0 spiro atoms. The van der Waals surface area contributed by atoms with Crippen molar-refractivity contribution in [2.24, 2.45) is 0 Å². The predicted molar refractivity (Wildman–Crippen MR) is 75.8 cm³/mol. The van der Waals surface area contributed by atoms with Crippen LogP contribution in [0.2, 0.25) is 0 Å². The molecule has 3 rings (SSSR count). The van der Waals surface area contributed by atoms with Crippen LogP contribution in [0.15, 0.2) is 22.8 Å². The van der Waals surface area contributed by atoms with Crippen molar-refractivity contribution >= 4 is 5.91 Å². The van der Waals surface area contributed by atoms with E-state index in [9.17, 15) is 4.79 Å².